The molecule has 1 heterocycles. The Hall–Kier alpha value is -2.24. The van der Waals surface area contributed by atoms with E-state index in [1.165, 1.54) is 18.1 Å². The molecule has 1 aromatic rings. The molecule has 6 nitrogen and oxygen atoms in total. The van der Waals surface area contributed by atoms with Gasteiger partial charge in [0.15, 0.2) is 11.5 Å². The van der Waals surface area contributed by atoms with Crippen LogP contribution in [0.3, 0.4) is 0 Å². The maximum absolute atomic E-state index is 12.4. The lowest BCUT2D eigenvalue weighted by Gasteiger charge is -2.20. The minimum absolute atomic E-state index is 0.124. The number of carbonyl (C=O) groups is 2. The highest BCUT2D eigenvalue weighted by atomic mass is 16.5. The number of ether oxygens (including phenoxy) is 1. The molecule has 1 aliphatic heterocycles. The number of hydrogen-bond donors (Lipinski definition) is 2. The fraction of sp³-hybridized carbons (Fsp3) is 0.429. The van der Waals surface area contributed by atoms with Gasteiger partial charge in [-0.25, -0.2) is 0 Å². The molecule has 0 aromatic heterocycles. The normalized spacial score (nSPS) is 21.8. The van der Waals surface area contributed by atoms with E-state index in [0.29, 0.717) is 13.0 Å². The Balaban J connectivity index is 2.24. The number of para-hydroxylation sites is 1. The van der Waals surface area contributed by atoms with Crippen LogP contribution in [0.5, 0.6) is 11.5 Å². The summed E-state index contributed by atoms with van der Waals surface area (Å²) < 4.78 is 4.96. The molecule has 0 radical (unpaired) electrons. The van der Waals surface area contributed by atoms with Crippen LogP contribution in [0.4, 0.5) is 0 Å². The van der Waals surface area contributed by atoms with Crippen molar-refractivity contribution in [1.82, 2.24) is 4.90 Å². The number of phenolic OH excluding ortho intramolecular Hbond substituents is 1. The number of nitrogens with zero attached hydrogens (tertiary/aromatic N) is 1. The number of benzene rings is 1. The number of aromatic hydroxyl groups is 1. The summed E-state index contributed by atoms with van der Waals surface area (Å²) in [4.78, 5) is 25.0. The van der Waals surface area contributed by atoms with E-state index >= 15 is 0 Å². The fourth-order valence-electron chi connectivity index (χ4n) is 2.34. The maximum Gasteiger partial charge on any atom is 0.311 e. The van der Waals surface area contributed by atoms with E-state index in [-0.39, 0.29) is 29.5 Å². The SMILES string of the molecule is COc1cccc(C(=O)N2CCC(C)(C(=O)O)C2)c1O. The molecule has 1 unspecified atom stereocenters. The Morgan fingerprint density at radius 2 is 2.10 bits per heavy atom. The monoisotopic (exact) mass is 279 g/mol. The summed E-state index contributed by atoms with van der Waals surface area (Å²) in [7, 11) is 1.40. The molecule has 1 aliphatic rings. The van der Waals surface area contributed by atoms with Gasteiger partial charge in [0.1, 0.15) is 0 Å². The van der Waals surface area contributed by atoms with Gasteiger partial charge >= 0.3 is 5.97 Å². The standard InChI is InChI=1S/C14H17NO5/c1-14(13(18)19)6-7-15(8-14)12(17)9-4-3-5-10(20-2)11(9)16/h3-5,16H,6-8H2,1-2H3,(H,18,19). The van der Waals surface area contributed by atoms with Crippen molar-refractivity contribution in [3.05, 3.63) is 23.8 Å². The van der Waals surface area contributed by atoms with Gasteiger partial charge < -0.3 is 19.8 Å². The zero-order chi connectivity index (χ0) is 14.9. The van der Waals surface area contributed by atoms with Crippen molar-refractivity contribution in [2.75, 3.05) is 20.2 Å². The van der Waals surface area contributed by atoms with E-state index in [0.717, 1.165) is 0 Å². The molecule has 1 amide bonds. The van der Waals surface area contributed by atoms with Crippen LogP contribution in [0.15, 0.2) is 18.2 Å². The summed E-state index contributed by atoms with van der Waals surface area (Å²) in [6.45, 7) is 2.12. The van der Waals surface area contributed by atoms with Gasteiger partial charge in [0.2, 0.25) is 0 Å². The largest absolute Gasteiger partial charge is 0.504 e. The Morgan fingerprint density at radius 1 is 1.40 bits per heavy atom. The number of likely N-dealkylation sites (tertiary alicyclic amines) is 1. The molecule has 108 valence electrons. The molecule has 6 heteroatoms. The fourth-order valence-corrected chi connectivity index (χ4v) is 2.34. The van der Waals surface area contributed by atoms with Gasteiger partial charge in [-0.1, -0.05) is 6.07 Å². The first-order chi connectivity index (χ1) is 9.39. The number of carbonyl (C=O) groups excluding carboxylic acids is 1. The van der Waals surface area contributed by atoms with Crippen LogP contribution in [-0.2, 0) is 4.79 Å². The van der Waals surface area contributed by atoms with Crippen LogP contribution in [0.1, 0.15) is 23.7 Å². The second-order valence-electron chi connectivity index (χ2n) is 5.20. The highest BCUT2D eigenvalue weighted by molar-refractivity contribution is 5.98. The van der Waals surface area contributed by atoms with E-state index in [1.807, 2.05) is 0 Å². The molecular weight excluding hydrogens is 262 g/mol. The third-order valence-electron chi connectivity index (χ3n) is 3.73. The molecule has 1 atom stereocenters. The summed E-state index contributed by atoms with van der Waals surface area (Å²) in [5, 5.41) is 19.1. The minimum Gasteiger partial charge on any atom is -0.504 e. The van der Waals surface area contributed by atoms with E-state index in [9.17, 15) is 19.8 Å². The van der Waals surface area contributed by atoms with Gasteiger partial charge in [-0.15, -0.1) is 0 Å². The summed E-state index contributed by atoms with van der Waals surface area (Å²) >= 11 is 0. The number of amides is 1. The Labute approximate surface area is 116 Å². The summed E-state index contributed by atoms with van der Waals surface area (Å²) in [5.74, 6) is -1.30. The lowest BCUT2D eigenvalue weighted by atomic mass is 9.90. The quantitative estimate of drug-likeness (QED) is 0.871. The first-order valence-electron chi connectivity index (χ1n) is 6.28. The molecule has 0 saturated carbocycles. The molecule has 1 aromatic carbocycles. The molecule has 2 N–H and O–H groups in total. The van der Waals surface area contributed by atoms with Gasteiger partial charge in [0.05, 0.1) is 18.1 Å². The van der Waals surface area contributed by atoms with Gasteiger partial charge in [0, 0.05) is 13.1 Å². The summed E-state index contributed by atoms with van der Waals surface area (Å²) in [5.41, 5.74) is -0.802. The molecule has 20 heavy (non-hydrogen) atoms. The average molecular weight is 279 g/mol. The zero-order valence-electron chi connectivity index (χ0n) is 11.4. The number of carboxylic acids is 1. The predicted octanol–water partition coefficient (Wildman–Crippen LogP) is 1.34. The van der Waals surface area contributed by atoms with Gasteiger partial charge in [0.25, 0.3) is 5.91 Å². The van der Waals surface area contributed by atoms with Crippen LogP contribution in [-0.4, -0.2) is 47.2 Å². The molecule has 1 fully saturated rings. The van der Waals surface area contributed by atoms with Crippen molar-refractivity contribution in [3.63, 3.8) is 0 Å². The Morgan fingerprint density at radius 3 is 2.65 bits per heavy atom. The maximum atomic E-state index is 12.4. The predicted molar refractivity (Wildman–Crippen MR) is 70.9 cm³/mol. The van der Waals surface area contributed by atoms with Crippen LogP contribution >= 0.6 is 0 Å². The lowest BCUT2D eigenvalue weighted by molar-refractivity contribution is -0.147. The van der Waals surface area contributed by atoms with Crippen molar-refractivity contribution in [3.8, 4) is 11.5 Å². The average Bonchev–Trinajstić information content (AvgIpc) is 2.82. The van der Waals surface area contributed by atoms with Crippen molar-refractivity contribution in [2.24, 2.45) is 5.41 Å². The highest BCUT2D eigenvalue weighted by Crippen LogP contribution is 2.34. The zero-order valence-corrected chi connectivity index (χ0v) is 11.4. The minimum atomic E-state index is -0.926. The van der Waals surface area contributed by atoms with Crippen LogP contribution in [0, 0.1) is 5.41 Å². The van der Waals surface area contributed by atoms with E-state index < -0.39 is 11.4 Å². The van der Waals surface area contributed by atoms with Crippen LogP contribution < -0.4 is 4.74 Å². The van der Waals surface area contributed by atoms with Crippen LogP contribution in [0.2, 0.25) is 0 Å². The topological polar surface area (TPSA) is 87.1 Å². The second-order valence-corrected chi connectivity index (χ2v) is 5.20. The molecule has 0 aliphatic carbocycles. The van der Waals surface area contributed by atoms with E-state index in [1.54, 1.807) is 19.1 Å². The Bertz CT molecular complexity index is 556. The van der Waals surface area contributed by atoms with Gasteiger partial charge in [-0.3, -0.25) is 9.59 Å². The summed E-state index contributed by atoms with van der Waals surface area (Å²) in [6.07, 6.45) is 0.402. The number of aliphatic carboxylic acids is 1. The van der Waals surface area contributed by atoms with Gasteiger partial charge in [-0.05, 0) is 25.5 Å². The van der Waals surface area contributed by atoms with Crippen molar-refractivity contribution >= 4 is 11.9 Å². The first-order valence-corrected chi connectivity index (χ1v) is 6.28. The molecular formula is C14H17NO5. The number of phenols is 1. The number of rotatable bonds is 3. The molecule has 0 spiro atoms. The van der Waals surface area contributed by atoms with E-state index in [4.69, 9.17) is 4.74 Å². The first kappa shape index (κ1) is 14.2. The third-order valence-corrected chi connectivity index (χ3v) is 3.73. The van der Waals surface area contributed by atoms with Crippen molar-refractivity contribution in [2.45, 2.75) is 13.3 Å². The molecule has 2 rings (SSSR count). The number of hydrogen-bond acceptors (Lipinski definition) is 4. The molecule has 1 saturated heterocycles. The van der Waals surface area contributed by atoms with Crippen molar-refractivity contribution in [1.29, 1.82) is 0 Å². The van der Waals surface area contributed by atoms with E-state index in [2.05, 4.69) is 0 Å². The smallest absolute Gasteiger partial charge is 0.311 e. The Kier molecular flexibility index (Phi) is 3.57. The summed E-state index contributed by atoms with van der Waals surface area (Å²) in [6, 6.07) is 4.66. The number of methoxy groups -OCH3 is 1. The van der Waals surface area contributed by atoms with Gasteiger partial charge in [-0.2, -0.15) is 0 Å². The number of carboxylic acid groups (broad SMARTS) is 1. The third kappa shape index (κ3) is 2.29. The molecule has 0 bridgehead atoms. The highest BCUT2D eigenvalue weighted by Gasteiger charge is 2.42. The second kappa shape index (κ2) is 5.03. The van der Waals surface area contributed by atoms with Crippen molar-refractivity contribution < 1.29 is 24.5 Å². The lowest BCUT2D eigenvalue weighted by Crippen LogP contribution is -2.34. The van der Waals surface area contributed by atoms with Crippen LogP contribution in [0.25, 0.3) is 0 Å².